The lowest BCUT2D eigenvalue weighted by molar-refractivity contribution is -0.0399. The Morgan fingerprint density at radius 2 is 1.77 bits per heavy atom. The SMILES string of the molecule is COC(C)Oc1ccc(N=Nc2cc(C(N)=O)c(O)c3ccccc23)cc1S(N)(=O)=O. The number of ether oxygens (including phenoxy) is 2. The number of sulfonamides is 1. The fraction of sp³-hybridized carbons (Fsp3) is 0.150. The molecule has 0 aliphatic carbocycles. The molecule has 162 valence electrons. The lowest BCUT2D eigenvalue weighted by atomic mass is 10.0. The maximum absolute atomic E-state index is 12.0. The molecule has 10 nitrogen and oxygen atoms in total. The van der Waals surface area contributed by atoms with Crippen LogP contribution in [0.1, 0.15) is 17.3 Å². The second-order valence-electron chi connectivity index (χ2n) is 6.50. The number of nitrogens with zero attached hydrogens (tertiary/aromatic N) is 2. The number of carbonyl (C=O) groups is 1. The minimum absolute atomic E-state index is 0.00176. The van der Waals surface area contributed by atoms with E-state index in [2.05, 4.69) is 10.2 Å². The highest BCUT2D eigenvalue weighted by Gasteiger charge is 2.19. The van der Waals surface area contributed by atoms with E-state index in [1.54, 1.807) is 31.2 Å². The van der Waals surface area contributed by atoms with Crippen molar-refractivity contribution in [2.75, 3.05) is 7.11 Å². The largest absolute Gasteiger partial charge is 0.506 e. The van der Waals surface area contributed by atoms with Crippen molar-refractivity contribution in [1.82, 2.24) is 0 Å². The van der Waals surface area contributed by atoms with Crippen LogP contribution in [0.2, 0.25) is 0 Å². The molecule has 0 bridgehead atoms. The fourth-order valence-electron chi connectivity index (χ4n) is 2.83. The highest BCUT2D eigenvalue weighted by molar-refractivity contribution is 7.89. The van der Waals surface area contributed by atoms with Crippen LogP contribution in [0.4, 0.5) is 11.4 Å². The third-order valence-electron chi connectivity index (χ3n) is 4.39. The molecule has 5 N–H and O–H groups in total. The van der Waals surface area contributed by atoms with Gasteiger partial charge in [-0.2, -0.15) is 5.11 Å². The lowest BCUT2D eigenvalue weighted by Crippen LogP contribution is -2.18. The number of primary amides is 1. The van der Waals surface area contributed by atoms with Crippen LogP contribution in [-0.4, -0.2) is 32.8 Å². The van der Waals surface area contributed by atoms with E-state index in [1.165, 1.54) is 31.4 Å². The van der Waals surface area contributed by atoms with E-state index in [0.29, 0.717) is 10.8 Å². The van der Waals surface area contributed by atoms with Crippen molar-refractivity contribution >= 4 is 38.1 Å². The quantitative estimate of drug-likeness (QED) is 0.374. The number of hydrogen-bond donors (Lipinski definition) is 3. The van der Waals surface area contributed by atoms with Gasteiger partial charge < -0.3 is 20.3 Å². The molecule has 1 amide bonds. The Hall–Kier alpha value is -3.54. The molecule has 0 saturated carbocycles. The Morgan fingerprint density at radius 3 is 2.39 bits per heavy atom. The second kappa shape index (κ2) is 8.68. The number of phenols is 1. The molecule has 3 aromatic carbocycles. The Kier molecular flexibility index (Phi) is 6.20. The van der Waals surface area contributed by atoms with Crippen molar-refractivity contribution in [2.45, 2.75) is 18.1 Å². The number of benzene rings is 3. The fourth-order valence-corrected chi connectivity index (χ4v) is 3.51. The van der Waals surface area contributed by atoms with Gasteiger partial charge in [0.1, 0.15) is 16.4 Å². The van der Waals surface area contributed by atoms with Gasteiger partial charge in [0.2, 0.25) is 10.0 Å². The normalized spacial score (nSPS) is 12.9. The van der Waals surface area contributed by atoms with Gasteiger partial charge in [-0.1, -0.05) is 24.3 Å². The Balaban J connectivity index is 2.09. The Bertz CT molecular complexity index is 1290. The molecular formula is C20H20N4O6S. The van der Waals surface area contributed by atoms with Crippen molar-refractivity contribution in [2.24, 2.45) is 21.1 Å². The summed E-state index contributed by atoms with van der Waals surface area (Å²) in [5.41, 5.74) is 5.65. The first-order chi connectivity index (χ1) is 14.6. The molecule has 0 radical (unpaired) electrons. The van der Waals surface area contributed by atoms with E-state index in [4.69, 9.17) is 20.3 Å². The van der Waals surface area contributed by atoms with Crippen LogP contribution >= 0.6 is 0 Å². The highest BCUT2D eigenvalue weighted by atomic mass is 32.2. The molecule has 31 heavy (non-hydrogen) atoms. The lowest BCUT2D eigenvalue weighted by Gasteiger charge is -2.15. The number of rotatable bonds is 7. The minimum Gasteiger partial charge on any atom is -0.506 e. The summed E-state index contributed by atoms with van der Waals surface area (Å²) in [6.45, 7) is 1.59. The zero-order valence-electron chi connectivity index (χ0n) is 16.6. The molecule has 0 fully saturated rings. The van der Waals surface area contributed by atoms with E-state index in [0.717, 1.165) is 0 Å². The Morgan fingerprint density at radius 1 is 1.10 bits per heavy atom. The number of aromatic hydroxyl groups is 1. The molecule has 3 rings (SSSR count). The molecular weight excluding hydrogens is 424 g/mol. The number of azo groups is 1. The molecule has 1 atom stereocenters. The van der Waals surface area contributed by atoms with Crippen molar-refractivity contribution in [3.05, 3.63) is 54.1 Å². The van der Waals surface area contributed by atoms with E-state index in [1.807, 2.05) is 0 Å². The predicted octanol–water partition coefficient (Wildman–Crippen LogP) is 3.08. The monoisotopic (exact) mass is 444 g/mol. The van der Waals surface area contributed by atoms with E-state index in [9.17, 15) is 18.3 Å². The first-order valence-corrected chi connectivity index (χ1v) is 10.5. The molecule has 0 saturated heterocycles. The molecule has 0 aliphatic heterocycles. The summed E-state index contributed by atoms with van der Waals surface area (Å²) < 4.78 is 34.4. The number of fused-ring (bicyclic) bond motifs is 1. The summed E-state index contributed by atoms with van der Waals surface area (Å²) >= 11 is 0. The van der Waals surface area contributed by atoms with E-state index in [-0.39, 0.29) is 33.3 Å². The van der Waals surface area contributed by atoms with Crippen molar-refractivity contribution in [1.29, 1.82) is 0 Å². The average molecular weight is 444 g/mol. The van der Waals surface area contributed by atoms with E-state index >= 15 is 0 Å². The number of methoxy groups -OCH3 is 1. The van der Waals surface area contributed by atoms with Crippen molar-refractivity contribution in [3.63, 3.8) is 0 Å². The van der Waals surface area contributed by atoms with Crippen LogP contribution in [0, 0.1) is 0 Å². The van der Waals surface area contributed by atoms with Crippen LogP contribution in [0.15, 0.2) is 63.7 Å². The second-order valence-corrected chi connectivity index (χ2v) is 8.03. The summed E-state index contributed by atoms with van der Waals surface area (Å²) in [6, 6.07) is 12.1. The minimum atomic E-state index is -4.13. The zero-order chi connectivity index (χ0) is 22.8. The van der Waals surface area contributed by atoms with Crippen LogP contribution in [0.3, 0.4) is 0 Å². The maximum Gasteiger partial charge on any atom is 0.252 e. The van der Waals surface area contributed by atoms with Crippen LogP contribution in [-0.2, 0) is 14.8 Å². The van der Waals surface area contributed by atoms with Gasteiger partial charge in [0.25, 0.3) is 5.91 Å². The summed E-state index contributed by atoms with van der Waals surface area (Å²) in [4.78, 5) is 11.4. The van der Waals surface area contributed by atoms with Gasteiger partial charge in [-0.15, -0.1) is 5.11 Å². The topological polar surface area (TPSA) is 167 Å². The number of primary sulfonamides is 1. The summed E-state index contributed by atoms with van der Waals surface area (Å²) in [7, 11) is -2.72. The van der Waals surface area contributed by atoms with Gasteiger partial charge >= 0.3 is 0 Å². The van der Waals surface area contributed by atoms with Gasteiger partial charge in [0.15, 0.2) is 6.29 Å². The highest BCUT2D eigenvalue weighted by Crippen LogP contribution is 2.37. The van der Waals surface area contributed by atoms with Gasteiger partial charge in [0, 0.05) is 17.9 Å². The molecule has 3 aromatic rings. The zero-order valence-corrected chi connectivity index (χ0v) is 17.5. The number of amides is 1. The van der Waals surface area contributed by atoms with E-state index < -0.39 is 22.2 Å². The molecule has 11 heteroatoms. The Labute approximate surface area is 178 Å². The maximum atomic E-state index is 12.0. The van der Waals surface area contributed by atoms with Gasteiger partial charge in [0.05, 0.1) is 16.9 Å². The number of nitrogens with two attached hydrogens (primary N) is 2. The van der Waals surface area contributed by atoms with Crippen molar-refractivity contribution in [3.8, 4) is 11.5 Å². The number of carbonyl (C=O) groups excluding carboxylic acids is 1. The molecule has 1 unspecified atom stereocenters. The number of hydrogen-bond acceptors (Lipinski definition) is 8. The smallest absolute Gasteiger partial charge is 0.252 e. The van der Waals surface area contributed by atoms with Crippen LogP contribution < -0.4 is 15.6 Å². The summed E-state index contributed by atoms with van der Waals surface area (Å²) in [5.74, 6) is -1.08. The van der Waals surface area contributed by atoms with Crippen molar-refractivity contribution < 1.29 is 27.8 Å². The third-order valence-corrected chi connectivity index (χ3v) is 5.32. The first-order valence-electron chi connectivity index (χ1n) is 8.94. The third kappa shape index (κ3) is 4.79. The molecule has 0 aliphatic rings. The first kappa shape index (κ1) is 22.2. The predicted molar refractivity (Wildman–Crippen MR) is 113 cm³/mol. The molecule has 0 aromatic heterocycles. The average Bonchev–Trinajstić information content (AvgIpc) is 2.73. The summed E-state index contributed by atoms with van der Waals surface area (Å²) in [6.07, 6.45) is -0.705. The van der Waals surface area contributed by atoms with Crippen LogP contribution in [0.25, 0.3) is 10.8 Å². The van der Waals surface area contributed by atoms with Gasteiger partial charge in [-0.3, -0.25) is 4.79 Å². The summed E-state index contributed by atoms with van der Waals surface area (Å²) in [5, 5.41) is 24.7. The van der Waals surface area contributed by atoms with Gasteiger partial charge in [-0.05, 0) is 31.2 Å². The van der Waals surface area contributed by atoms with Gasteiger partial charge in [-0.25, -0.2) is 13.6 Å². The molecule has 0 spiro atoms. The standard InChI is InChI=1S/C20H20N4O6S/c1-11(29-2)30-17-8-7-12(9-18(17)31(22,27)28)23-24-16-10-15(20(21)26)19(25)14-6-4-3-5-13(14)16/h3-11,25H,1-2H3,(H2,21,26)(H2,22,27,28). The molecule has 0 heterocycles. The van der Waals surface area contributed by atoms with Crippen LogP contribution in [0.5, 0.6) is 11.5 Å².